The van der Waals surface area contributed by atoms with Crippen LogP contribution in [0.4, 0.5) is 0 Å². The Labute approximate surface area is 101 Å². The van der Waals surface area contributed by atoms with Gasteiger partial charge >= 0.3 is 0 Å². The highest BCUT2D eigenvalue weighted by molar-refractivity contribution is 5.14. The lowest BCUT2D eigenvalue weighted by molar-refractivity contribution is 0.273. The van der Waals surface area contributed by atoms with Crippen molar-refractivity contribution in [2.75, 3.05) is 26.2 Å². The van der Waals surface area contributed by atoms with Gasteiger partial charge in [0.1, 0.15) is 0 Å². The van der Waals surface area contributed by atoms with E-state index in [1.165, 1.54) is 38.8 Å². The van der Waals surface area contributed by atoms with E-state index in [-0.39, 0.29) is 0 Å². The molecular formula is C14H28N2. The fourth-order valence-corrected chi connectivity index (χ4v) is 2.25. The van der Waals surface area contributed by atoms with Crippen LogP contribution in [0.2, 0.25) is 0 Å². The average molecular weight is 224 g/mol. The van der Waals surface area contributed by atoms with E-state index < -0.39 is 0 Å². The van der Waals surface area contributed by atoms with Gasteiger partial charge in [0.25, 0.3) is 0 Å². The summed E-state index contributed by atoms with van der Waals surface area (Å²) in [4.78, 5) is 2.56. The summed E-state index contributed by atoms with van der Waals surface area (Å²) in [6.45, 7) is 11.4. The van der Waals surface area contributed by atoms with Gasteiger partial charge in [-0.05, 0) is 37.8 Å². The molecule has 0 aromatic rings. The van der Waals surface area contributed by atoms with Crippen molar-refractivity contribution in [2.24, 2.45) is 11.1 Å². The van der Waals surface area contributed by atoms with Crippen molar-refractivity contribution in [2.45, 2.75) is 46.5 Å². The molecule has 2 heteroatoms. The Morgan fingerprint density at radius 2 is 2.00 bits per heavy atom. The normalized spacial score (nSPS) is 18.6. The quantitative estimate of drug-likeness (QED) is 0.575. The number of hydrogen-bond acceptors (Lipinski definition) is 2. The molecule has 94 valence electrons. The predicted octanol–water partition coefficient (Wildman–Crippen LogP) is 2.79. The minimum absolute atomic E-state index is 0.367. The average Bonchev–Trinajstić information content (AvgIpc) is 2.24. The second-order valence-corrected chi connectivity index (χ2v) is 5.88. The summed E-state index contributed by atoms with van der Waals surface area (Å²) in [5.74, 6) is 0. The molecule has 0 aromatic heterocycles. The number of hydrogen-bond donors (Lipinski definition) is 1. The summed E-state index contributed by atoms with van der Waals surface area (Å²) in [7, 11) is 0. The molecule has 0 aliphatic carbocycles. The standard InChI is InChI=1S/C14H28N2/c1-14(2,3)13-7-11-16(12-8-13)10-6-4-5-9-15/h7H,4-6,8-12,15H2,1-3H3. The van der Waals surface area contributed by atoms with Gasteiger partial charge in [-0.15, -0.1) is 0 Å². The summed E-state index contributed by atoms with van der Waals surface area (Å²) < 4.78 is 0. The Balaban J connectivity index is 2.23. The van der Waals surface area contributed by atoms with Crippen LogP contribution in [-0.2, 0) is 0 Å². The van der Waals surface area contributed by atoms with Gasteiger partial charge in [-0.1, -0.05) is 38.8 Å². The van der Waals surface area contributed by atoms with Crippen molar-refractivity contribution in [3.63, 3.8) is 0 Å². The molecule has 2 N–H and O–H groups in total. The first-order valence-corrected chi connectivity index (χ1v) is 6.66. The molecule has 2 nitrogen and oxygen atoms in total. The van der Waals surface area contributed by atoms with Crippen LogP contribution in [-0.4, -0.2) is 31.1 Å². The molecule has 0 saturated heterocycles. The van der Waals surface area contributed by atoms with Gasteiger partial charge in [-0.3, -0.25) is 4.90 Å². The van der Waals surface area contributed by atoms with E-state index in [0.29, 0.717) is 5.41 Å². The van der Waals surface area contributed by atoms with E-state index >= 15 is 0 Å². The highest BCUT2D eigenvalue weighted by Crippen LogP contribution is 2.29. The molecule has 1 aliphatic heterocycles. The zero-order valence-electron chi connectivity index (χ0n) is 11.3. The van der Waals surface area contributed by atoms with Crippen molar-refractivity contribution in [3.05, 3.63) is 11.6 Å². The van der Waals surface area contributed by atoms with Crippen LogP contribution >= 0.6 is 0 Å². The second kappa shape index (κ2) is 6.41. The predicted molar refractivity (Wildman–Crippen MR) is 71.5 cm³/mol. The topological polar surface area (TPSA) is 29.3 Å². The van der Waals surface area contributed by atoms with Crippen LogP contribution in [0, 0.1) is 5.41 Å². The molecule has 0 fully saturated rings. The lowest BCUT2D eigenvalue weighted by Crippen LogP contribution is -2.32. The van der Waals surface area contributed by atoms with Crippen LogP contribution in [0.5, 0.6) is 0 Å². The van der Waals surface area contributed by atoms with E-state index in [0.717, 1.165) is 13.1 Å². The molecule has 1 heterocycles. The lowest BCUT2D eigenvalue weighted by atomic mass is 9.83. The van der Waals surface area contributed by atoms with Crippen molar-refractivity contribution < 1.29 is 0 Å². The molecule has 16 heavy (non-hydrogen) atoms. The summed E-state index contributed by atoms with van der Waals surface area (Å²) >= 11 is 0. The Bertz CT molecular complexity index is 225. The van der Waals surface area contributed by atoms with Gasteiger partial charge in [0.15, 0.2) is 0 Å². The number of rotatable bonds is 5. The Kier molecular flexibility index (Phi) is 5.50. The van der Waals surface area contributed by atoms with Crippen molar-refractivity contribution >= 4 is 0 Å². The monoisotopic (exact) mass is 224 g/mol. The Morgan fingerprint density at radius 3 is 2.50 bits per heavy atom. The second-order valence-electron chi connectivity index (χ2n) is 5.88. The van der Waals surface area contributed by atoms with Crippen molar-refractivity contribution in [1.82, 2.24) is 4.90 Å². The van der Waals surface area contributed by atoms with Crippen LogP contribution < -0.4 is 5.73 Å². The third-order valence-electron chi connectivity index (χ3n) is 3.44. The van der Waals surface area contributed by atoms with E-state index in [9.17, 15) is 0 Å². The van der Waals surface area contributed by atoms with Crippen LogP contribution in [0.3, 0.4) is 0 Å². The van der Waals surface area contributed by atoms with Crippen LogP contribution in [0.15, 0.2) is 11.6 Å². The molecule has 0 radical (unpaired) electrons. The summed E-state index contributed by atoms with van der Waals surface area (Å²) in [6.07, 6.45) is 7.45. The third-order valence-corrected chi connectivity index (χ3v) is 3.44. The van der Waals surface area contributed by atoms with Gasteiger partial charge in [-0.25, -0.2) is 0 Å². The number of unbranched alkanes of at least 4 members (excludes halogenated alkanes) is 2. The molecule has 1 aliphatic rings. The van der Waals surface area contributed by atoms with Gasteiger partial charge in [0.2, 0.25) is 0 Å². The lowest BCUT2D eigenvalue weighted by Gasteiger charge is -2.32. The van der Waals surface area contributed by atoms with Gasteiger partial charge < -0.3 is 5.73 Å². The fraction of sp³-hybridized carbons (Fsp3) is 0.857. The molecule has 0 aromatic carbocycles. The summed E-state index contributed by atoms with van der Waals surface area (Å²) in [6, 6.07) is 0. The molecule has 0 unspecified atom stereocenters. The summed E-state index contributed by atoms with van der Waals surface area (Å²) in [5.41, 5.74) is 7.49. The molecule has 0 bridgehead atoms. The van der Waals surface area contributed by atoms with Gasteiger partial charge in [-0.2, -0.15) is 0 Å². The first-order chi connectivity index (χ1) is 7.54. The Hall–Kier alpha value is -0.340. The molecule has 0 spiro atoms. The van der Waals surface area contributed by atoms with E-state index in [1.807, 2.05) is 0 Å². The third kappa shape index (κ3) is 4.67. The maximum absolute atomic E-state index is 5.49. The molecule has 0 amide bonds. The minimum Gasteiger partial charge on any atom is -0.330 e. The van der Waals surface area contributed by atoms with Crippen molar-refractivity contribution in [1.29, 1.82) is 0 Å². The number of nitrogens with zero attached hydrogens (tertiary/aromatic N) is 1. The van der Waals surface area contributed by atoms with E-state index in [4.69, 9.17) is 5.73 Å². The largest absolute Gasteiger partial charge is 0.330 e. The smallest absolute Gasteiger partial charge is 0.0166 e. The fourth-order valence-electron chi connectivity index (χ4n) is 2.25. The molecular weight excluding hydrogens is 196 g/mol. The number of nitrogens with two attached hydrogens (primary N) is 1. The highest BCUT2D eigenvalue weighted by Gasteiger charge is 2.20. The Morgan fingerprint density at radius 1 is 1.25 bits per heavy atom. The van der Waals surface area contributed by atoms with E-state index in [2.05, 4.69) is 31.7 Å². The maximum Gasteiger partial charge on any atom is 0.0166 e. The van der Waals surface area contributed by atoms with Crippen molar-refractivity contribution in [3.8, 4) is 0 Å². The zero-order chi connectivity index (χ0) is 12.0. The molecule has 0 saturated carbocycles. The highest BCUT2D eigenvalue weighted by atomic mass is 15.1. The maximum atomic E-state index is 5.49. The molecule has 0 atom stereocenters. The first-order valence-electron chi connectivity index (χ1n) is 6.66. The van der Waals surface area contributed by atoms with Gasteiger partial charge in [0.05, 0.1) is 0 Å². The zero-order valence-corrected chi connectivity index (χ0v) is 11.3. The SMILES string of the molecule is CC(C)(C)C1=CCN(CCCCCN)CC1. The first kappa shape index (κ1) is 13.7. The molecule has 1 rings (SSSR count). The van der Waals surface area contributed by atoms with Crippen LogP contribution in [0.25, 0.3) is 0 Å². The van der Waals surface area contributed by atoms with E-state index in [1.54, 1.807) is 5.57 Å². The van der Waals surface area contributed by atoms with Gasteiger partial charge in [0, 0.05) is 13.1 Å². The van der Waals surface area contributed by atoms with Crippen LogP contribution in [0.1, 0.15) is 46.5 Å². The summed E-state index contributed by atoms with van der Waals surface area (Å²) in [5, 5.41) is 0. The minimum atomic E-state index is 0.367.